The van der Waals surface area contributed by atoms with Crippen LogP contribution in [0, 0.1) is 52.3 Å². The molecule has 0 saturated heterocycles. The number of hydrogen-bond donors (Lipinski definition) is 1. The van der Waals surface area contributed by atoms with E-state index in [0.717, 1.165) is 48.3 Å². The molecule has 0 aliphatic heterocycles. The zero-order valence-corrected chi connectivity index (χ0v) is 20.7. The minimum atomic E-state index is -0.0870. The molecule has 9 atom stereocenters. The first-order valence-corrected chi connectivity index (χ1v) is 13.3. The highest BCUT2D eigenvalue weighted by atomic mass is 16.3. The highest BCUT2D eigenvalue weighted by Gasteiger charge is 2.58. The van der Waals surface area contributed by atoms with Gasteiger partial charge in [0.2, 0.25) is 0 Å². The molecule has 3 fully saturated rings. The summed E-state index contributed by atoms with van der Waals surface area (Å²) in [6.45, 7) is 14.8. The van der Waals surface area contributed by atoms with Gasteiger partial charge in [0.1, 0.15) is 0 Å². The van der Waals surface area contributed by atoms with Gasteiger partial charge in [-0.3, -0.25) is 0 Å². The summed E-state index contributed by atoms with van der Waals surface area (Å²) in [4.78, 5) is 0. The van der Waals surface area contributed by atoms with Crippen LogP contribution >= 0.6 is 0 Å². The molecule has 0 radical (unpaired) electrons. The molecule has 3 saturated carbocycles. The normalized spacial score (nSPS) is 45.6. The molecule has 30 heavy (non-hydrogen) atoms. The lowest BCUT2D eigenvalue weighted by molar-refractivity contribution is -0.0540. The Morgan fingerprint density at radius 1 is 1.03 bits per heavy atom. The van der Waals surface area contributed by atoms with Crippen LogP contribution in [0.3, 0.4) is 0 Å². The van der Waals surface area contributed by atoms with Crippen LogP contribution in [0.15, 0.2) is 23.8 Å². The predicted molar refractivity (Wildman–Crippen MR) is 128 cm³/mol. The summed E-state index contributed by atoms with van der Waals surface area (Å²) in [5.74, 6) is 5.70. The number of aliphatic hydroxyl groups excluding tert-OH is 1. The first-order chi connectivity index (χ1) is 14.2. The van der Waals surface area contributed by atoms with E-state index in [1.54, 1.807) is 5.57 Å². The van der Waals surface area contributed by atoms with E-state index in [0.29, 0.717) is 16.7 Å². The van der Waals surface area contributed by atoms with Crippen molar-refractivity contribution >= 4 is 0 Å². The van der Waals surface area contributed by atoms with Crippen molar-refractivity contribution in [2.75, 3.05) is 0 Å². The molecule has 0 aromatic carbocycles. The van der Waals surface area contributed by atoms with Gasteiger partial charge < -0.3 is 5.11 Å². The van der Waals surface area contributed by atoms with Gasteiger partial charge in [0, 0.05) is 0 Å². The van der Waals surface area contributed by atoms with Crippen LogP contribution in [0.4, 0.5) is 0 Å². The van der Waals surface area contributed by atoms with Crippen LogP contribution in [-0.2, 0) is 0 Å². The lowest BCUT2D eigenvalue weighted by atomic mass is 9.47. The Bertz CT molecular complexity index is 674. The fourth-order valence-corrected chi connectivity index (χ4v) is 8.83. The fourth-order valence-electron chi connectivity index (χ4n) is 8.83. The van der Waals surface area contributed by atoms with Crippen LogP contribution in [-0.4, -0.2) is 11.2 Å². The van der Waals surface area contributed by atoms with Crippen LogP contribution in [0.1, 0.15) is 99.3 Å². The van der Waals surface area contributed by atoms with Gasteiger partial charge in [-0.25, -0.2) is 0 Å². The van der Waals surface area contributed by atoms with Crippen molar-refractivity contribution in [1.29, 1.82) is 0 Å². The maximum absolute atomic E-state index is 10.2. The first-order valence-electron chi connectivity index (χ1n) is 13.3. The van der Waals surface area contributed by atoms with Gasteiger partial charge in [-0.05, 0) is 110 Å². The average Bonchev–Trinajstić information content (AvgIpc) is 3.06. The molecule has 4 aliphatic carbocycles. The van der Waals surface area contributed by atoms with E-state index in [1.165, 1.54) is 44.9 Å². The van der Waals surface area contributed by atoms with E-state index in [4.69, 9.17) is 0 Å². The summed E-state index contributed by atoms with van der Waals surface area (Å²) >= 11 is 0. The van der Waals surface area contributed by atoms with Crippen LogP contribution in [0.25, 0.3) is 0 Å². The van der Waals surface area contributed by atoms with Crippen molar-refractivity contribution in [3.05, 3.63) is 23.8 Å². The molecule has 1 nitrogen and oxygen atoms in total. The number of rotatable bonds is 5. The molecule has 1 heteroatoms. The van der Waals surface area contributed by atoms with E-state index in [9.17, 15) is 5.11 Å². The Kier molecular flexibility index (Phi) is 6.35. The van der Waals surface area contributed by atoms with Crippen molar-refractivity contribution in [3.8, 4) is 0 Å². The number of aliphatic hydroxyl groups is 1. The minimum absolute atomic E-state index is 0.0870. The first kappa shape index (κ1) is 22.6. The maximum atomic E-state index is 10.2. The maximum Gasteiger partial charge on any atom is 0.0577 e. The second kappa shape index (κ2) is 8.42. The summed E-state index contributed by atoms with van der Waals surface area (Å²) in [7, 11) is 0. The average molecular weight is 413 g/mol. The molecule has 0 aromatic rings. The molecule has 0 unspecified atom stereocenters. The van der Waals surface area contributed by atoms with Crippen LogP contribution < -0.4 is 0 Å². The van der Waals surface area contributed by atoms with Gasteiger partial charge in [0.05, 0.1) is 6.10 Å². The summed E-state index contributed by atoms with van der Waals surface area (Å²) in [5, 5.41) is 10.2. The molecule has 0 heterocycles. The molecular formula is C29H48O. The zero-order valence-electron chi connectivity index (χ0n) is 20.7. The molecule has 0 bridgehead atoms. The predicted octanol–water partition coefficient (Wildman–Crippen LogP) is 7.80. The molecular weight excluding hydrogens is 364 g/mol. The van der Waals surface area contributed by atoms with Gasteiger partial charge in [0.25, 0.3) is 0 Å². The second-order valence-corrected chi connectivity index (χ2v) is 12.4. The quantitative estimate of drug-likeness (QED) is 0.457. The summed E-state index contributed by atoms with van der Waals surface area (Å²) in [6, 6.07) is 0. The van der Waals surface area contributed by atoms with Gasteiger partial charge >= 0.3 is 0 Å². The van der Waals surface area contributed by atoms with E-state index in [1.807, 2.05) is 0 Å². The Labute approximate surface area is 186 Å². The van der Waals surface area contributed by atoms with Gasteiger partial charge in [-0.1, -0.05) is 65.3 Å². The Hall–Kier alpha value is -0.560. The molecule has 4 aliphatic rings. The SMILES string of the molecule is CC[C@@H](/C=C\[C@H](C)[C@@H]1CC[C@@H]2[C@@H]3CC=C4C[C@H](O)CC[C@]4(C)[C@H]3CC[C@@]21C)C(C)C. The topological polar surface area (TPSA) is 20.2 Å². The lowest BCUT2D eigenvalue weighted by Gasteiger charge is -2.58. The molecule has 0 amide bonds. The molecule has 0 aromatic heterocycles. The monoisotopic (exact) mass is 412 g/mol. The third-order valence-corrected chi connectivity index (χ3v) is 10.8. The van der Waals surface area contributed by atoms with Gasteiger partial charge in [0.15, 0.2) is 0 Å². The third-order valence-electron chi connectivity index (χ3n) is 10.8. The van der Waals surface area contributed by atoms with Crippen molar-refractivity contribution in [2.24, 2.45) is 52.3 Å². The Morgan fingerprint density at radius 3 is 2.50 bits per heavy atom. The zero-order chi connectivity index (χ0) is 21.7. The van der Waals surface area contributed by atoms with Gasteiger partial charge in [-0.2, -0.15) is 0 Å². The highest BCUT2D eigenvalue weighted by Crippen LogP contribution is 2.67. The van der Waals surface area contributed by atoms with Crippen LogP contribution in [0.5, 0.6) is 0 Å². The molecule has 1 N–H and O–H groups in total. The second-order valence-electron chi connectivity index (χ2n) is 12.4. The smallest absolute Gasteiger partial charge is 0.0577 e. The Morgan fingerprint density at radius 2 is 1.80 bits per heavy atom. The van der Waals surface area contributed by atoms with E-state index >= 15 is 0 Å². The number of allylic oxidation sites excluding steroid dienone is 3. The fraction of sp³-hybridized carbons (Fsp3) is 0.862. The standard InChI is InChI=1S/C29H48O/c1-7-21(19(2)3)9-8-20(4)25-12-13-26-24-11-10-22-18-23(30)14-16-28(22,5)27(24)15-17-29(25,26)6/h8-10,19-21,23-27,30H,7,11-18H2,1-6H3/b9-8-/t20-,21-,23+,24-,25-,26+,27-,28-,29+/m0/s1. The highest BCUT2D eigenvalue weighted by molar-refractivity contribution is 5.25. The Balaban J connectivity index is 1.52. The van der Waals surface area contributed by atoms with Crippen molar-refractivity contribution in [3.63, 3.8) is 0 Å². The van der Waals surface area contributed by atoms with E-state index in [2.05, 4.69) is 59.8 Å². The molecule has 0 spiro atoms. The number of fused-ring (bicyclic) bond motifs is 5. The van der Waals surface area contributed by atoms with Crippen molar-refractivity contribution < 1.29 is 5.11 Å². The third kappa shape index (κ3) is 3.66. The largest absolute Gasteiger partial charge is 0.393 e. The van der Waals surface area contributed by atoms with E-state index < -0.39 is 0 Å². The number of hydrogen-bond acceptors (Lipinski definition) is 1. The molecule has 4 rings (SSSR count). The summed E-state index contributed by atoms with van der Waals surface area (Å²) in [6.07, 6.45) is 19.1. The summed E-state index contributed by atoms with van der Waals surface area (Å²) in [5.41, 5.74) is 2.51. The van der Waals surface area contributed by atoms with E-state index in [-0.39, 0.29) is 6.10 Å². The van der Waals surface area contributed by atoms with Crippen molar-refractivity contribution in [2.45, 2.75) is 105 Å². The van der Waals surface area contributed by atoms with Crippen LogP contribution in [0.2, 0.25) is 0 Å². The minimum Gasteiger partial charge on any atom is -0.393 e. The molecule has 170 valence electrons. The summed E-state index contributed by atoms with van der Waals surface area (Å²) < 4.78 is 0. The van der Waals surface area contributed by atoms with Gasteiger partial charge in [-0.15, -0.1) is 0 Å². The van der Waals surface area contributed by atoms with Crippen molar-refractivity contribution in [1.82, 2.24) is 0 Å². The lowest BCUT2D eigenvalue weighted by Crippen LogP contribution is -2.50.